The van der Waals surface area contributed by atoms with Crippen LogP contribution >= 0.6 is 22.6 Å². The minimum atomic E-state index is -0.0852. The number of nitrogens with one attached hydrogen (secondary N) is 2. The number of hydrogen-bond donors (Lipinski definition) is 2. The Balaban J connectivity index is 0.00000208. The standard InChI is InChI=1S/C16H16IN5O.ClH/c1-18-13-3-6-21(7-4-13)9-5-19-16(23)12-2-8-22-14(17)11-20-15(22)10-12;/h2-4,6-8,10-11H,5,9H2,1H3,(H,19,23);1H. The van der Waals surface area contributed by atoms with Gasteiger partial charge >= 0.3 is 0 Å². The number of fused-ring (bicyclic) bond motifs is 1. The average Bonchev–Trinajstić information content (AvgIpc) is 2.96. The zero-order valence-electron chi connectivity index (χ0n) is 13.0. The van der Waals surface area contributed by atoms with Gasteiger partial charge in [-0.3, -0.25) is 9.20 Å². The zero-order chi connectivity index (χ0) is 16.2. The summed E-state index contributed by atoms with van der Waals surface area (Å²) >= 11 is 2.21. The number of nitrogens with zero attached hydrogens (tertiary/aromatic N) is 3. The molecule has 126 valence electrons. The van der Waals surface area contributed by atoms with Crippen LogP contribution in [0.1, 0.15) is 10.4 Å². The fourth-order valence-electron chi connectivity index (χ4n) is 2.26. The molecule has 0 saturated heterocycles. The van der Waals surface area contributed by atoms with Crippen molar-refractivity contribution >= 4 is 39.8 Å². The Morgan fingerprint density at radius 3 is 2.79 bits per heavy atom. The van der Waals surface area contributed by atoms with Gasteiger partial charge in [0.15, 0.2) is 18.9 Å². The lowest BCUT2D eigenvalue weighted by molar-refractivity contribution is -0.694. The van der Waals surface area contributed by atoms with Crippen LogP contribution in [0.15, 0.2) is 49.1 Å². The van der Waals surface area contributed by atoms with Crippen LogP contribution in [0.2, 0.25) is 0 Å². The molecule has 0 fully saturated rings. The first kappa shape index (κ1) is 18.5. The number of pyridine rings is 2. The minimum absolute atomic E-state index is 0. The van der Waals surface area contributed by atoms with Crippen LogP contribution in [-0.4, -0.2) is 28.9 Å². The molecule has 0 unspecified atom stereocenters. The summed E-state index contributed by atoms with van der Waals surface area (Å²) < 4.78 is 4.99. The van der Waals surface area contributed by atoms with Crippen molar-refractivity contribution in [1.82, 2.24) is 14.7 Å². The van der Waals surface area contributed by atoms with Crippen LogP contribution in [0.5, 0.6) is 0 Å². The second kappa shape index (κ2) is 8.29. The summed E-state index contributed by atoms with van der Waals surface area (Å²) in [5.74, 6) is -0.0852. The fraction of sp³-hybridized carbons (Fsp3) is 0.188. The third-order valence-electron chi connectivity index (χ3n) is 3.57. The molecule has 0 saturated carbocycles. The number of amides is 1. The first-order chi connectivity index (χ1) is 11.2. The predicted molar refractivity (Wildman–Crippen MR) is 96.4 cm³/mol. The van der Waals surface area contributed by atoms with E-state index in [-0.39, 0.29) is 18.3 Å². The topological polar surface area (TPSA) is 62.3 Å². The van der Waals surface area contributed by atoms with Crippen LogP contribution < -0.4 is 27.6 Å². The first-order valence-electron chi connectivity index (χ1n) is 7.25. The van der Waals surface area contributed by atoms with Gasteiger partial charge in [0.2, 0.25) is 0 Å². The molecule has 3 aromatic rings. The molecule has 1 amide bonds. The van der Waals surface area contributed by atoms with Crippen molar-refractivity contribution in [3.63, 3.8) is 0 Å². The molecular weight excluding hydrogens is 441 g/mol. The van der Waals surface area contributed by atoms with Gasteiger partial charge in [0, 0.05) is 36.6 Å². The molecule has 8 heteroatoms. The van der Waals surface area contributed by atoms with E-state index in [9.17, 15) is 4.79 Å². The molecule has 0 aromatic carbocycles. The van der Waals surface area contributed by atoms with E-state index in [0.717, 1.165) is 21.6 Å². The molecule has 3 heterocycles. The number of hydrogen-bond acceptors (Lipinski definition) is 3. The zero-order valence-corrected chi connectivity index (χ0v) is 16.0. The molecule has 0 aliphatic rings. The second-order valence-corrected chi connectivity index (χ2v) is 6.16. The van der Waals surface area contributed by atoms with E-state index >= 15 is 0 Å². The molecule has 0 bridgehead atoms. The van der Waals surface area contributed by atoms with Crippen molar-refractivity contribution in [1.29, 1.82) is 0 Å². The van der Waals surface area contributed by atoms with Crippen LogP contribution in [0.4, 0.5) is 5.69 Å². The van der Waals surface area contributed by atoms with Crippen molar-refractivity contribution in [2.45, 2.75) is 6.54 Å². The molecule has 3 rings (SSSR count). The molecule has 0 spiro atoms. The van der Waals surface area contributed by atoms with Gasteiger partial charge in [0.1, 0.15) is 9.35 Å². The van der Waals surface area contributed by atoms with Gasteiger partial charge in [-0.05, 0) is 34.7 Å². The third-order valence-corrected chi connectivity index (χ3v) is 4.36. The van der Waals surface area contributed by atoms with E-state index < -0.39 is 0 Å². The Hall–Kier alpha value is -1.87. The molecular formula is C16H17ClIN5O. The molecule has 3 aromatic heterocycles. The molecule has 6 nitrogen and oxygen atoms in total. The van der Waals surface area contributed by atoms with Gasteiger partial charge in [-0.25, -0.2) is 9.55 Å². The molecule has 24 heavy (non-hydrogen) atoms. The Labute approximate surface area is 159 Å². The highest BCUT2D eigenvalue weighted by Gasteiger charge is 2.09. The summed E-state index contributed by atoms with van der Waals surface area (Å²) in [5.41, 5.74) is 2.46. The van der Waals surface area contributed by atoms with Gasteiger partial charge in [-0.2, -0.15) is 0 Å². The Morgan fingerprint density at radius 1 is 1.33 bits per heavy atom. The van der Waals surface area contributed by atoms with E-state index in [1.54, 1.807) is 18.3 Å². The summed E-state index contributed by atoms with van der Waals surface area (Å²) in [6.07, 6.45) is 7.61. The number of carbonyl (C=O) groups excluding carboxylic acids is 1. The van der Waals surface area contributed by atoms with Gasteiger partial charge in [0.25, 0.3) is 5.91 Å². The van der Waals surface area contributed by atoms with Crippen molar-refractivity contribution in [2.75, 3.05) is 18.9 Å². The summed E-state index contributed by atoms with van der Waals surface area (Å²) in [5, 5.41) is 6.01. The lowest BCUT2D eigenvalue weighted by Crippen LogP contribution is -3.00. The minimum Gasteiger partial charge on any atom is -1.00 e. The fourth-order valence-corrected chi connectivity index (χ4v) is 2.81. The normalized spacial score (nSPS) is 10.2. The van der Waals surface area contributed by atoms with Crippen LogP contribution in [-0.2, 0) is 6.54 Å². The smallest absolute Gasteiger partial charge is 0.251 e. The lowest BCUT2D eigenvalue weighted by Gasteiger charge is -2.04. The van der Waals surface area contributed by atoms with Crippen LogP contribution in [0.25, 0.3) is 5.65 Å². The second-order valence-electron chi connectivity index (χ2n) is 5.06. The molecule has 2 N–H and O–H groups in total. The van der Waals surface area contributed by atoms with Crippen molar-refractivity contribution in [3.05, 3.63) is 58.3 Å². The monoisotopic (exact) mass is 457 g/mol. The number of aromatic nitrogens is 3. The largest absolute Gasteiger partial charge is 1.00 e. The summed E-state index contributed by atoms with van der Waals surface area (Å²) in [6, 6.07) is 7.60. The average molecular weight is 458 g/mol. The van der Waals surface area contributed by atoms with E-state index in [1.165, 1.54) is 0 Å². The summed E-state index contributed by atoms with van der Waals surface area (Å²) in [4.78, 5) is 16.5. The van der Waals surface area contributed by atoms with E-state index in [2.05, 4.69) is 38.2 Å². The van der Waals surface area contributed by atoms with E-state index in [1.807, 2.05) is 46.7 Å². The summed E-state index contributed by atoms with van der Waals surface area (Å²) in [6.45, 7) is 1.29. The third kappa shape index (κ3) is 4.15. The molecule has 0 atom stereocenters. The number of imidazole rings is 1. The van der Waals surface area contributed by atoms with Crippen molar-refractivity contribution in [2.24, 2.45) is 0 Å². The number of rotatable bonds is 5. The maximum absolute atomic E-state index is 12.2. The van der Waals surface area contributed by atoms with Crippen LogP contribution in [0, 0.1) is 3.70 Å². The van der Waals surface area contributed by atoms with E-state index in [4.69, 9.17) is 0 Å². The molecule has 0 aliphatic carbocycles. The Bertz CT molecular complexity index is 834. The highest BCUT2D eigenvalue weighted by Crippen LogP contribution is 2.11. The summed E-state index contributed by atoms with van der Waals surface area (Å²) in [7, 11) is 1.89. The maximum Gasteiger partial charge on any atom is 0.251 e. The quantitative estimate of drug-likeness (QED) is 0.370. The first-order valence-corrected chi connectivity index (χ1v) is 8.33. The Morgan fingerprint density at radius 2 is 2.08 bits per heavy atom. The van der Waals surface area contributed by atoms with Gasteiger partial charge in [-0.15, -0.1) is 0 Å². The van der Waals surface area contributed by atoms with Crippen molar-refractivity contribution < 1.29 is 21.8 Å². The highest BCUT2D eigenvalue weighted by atomic mass is 127. The molecule has 0 aliphatic heterocycles. The Kier molecular flexibility index (Phi) is 6.38. The van der Waals surface area contributed by atoms with Crippen LogP contribution in [0.3, 0.4) is 0 Å². The van der Waals surface area contributed by atoms with Crippen molar-refractivity contribution in [3.8, 4) is 0 Å². The predicted octanol–water partition coefficient (Wildman–Crippen LogP) is -1.30. The molecule has 0 radical (unpaired) electrons. The SMILES string of the molecule is CNc1cc[n+](CCNC(=O)c2ccn3c(I)cnc3c2)cc1.[Cl-]. The van der Waals surface area contributed by atoms with E-state index in [0.29, 0.717) is 12.1 Å². The van der Waals surface area contributed by atoms with Gasteiger partial charge in [0.05, 0.1) is 12.7 Å². The lowest BCUT2D eigenvalue weighted by atomic mass is 10.2. The number of anilines is 1. The maximum atomic E-state index is 12.2. The van der Waals surface area contributed by atoms with Gasteiger partial charge < -0.3 is 23.0 Å². The number of halogens is 2. The highest BCUT2D eigenvalue weighted by molar-refractivity contribution is 14.1. The number of carbonyl (C=O) groups is 1. The van der Waals surface area contributed by atoms with Gasteiger partial charge in [-0.1, -0.05) is 0 Å².